The molecular formula is C20H22F3N7. The smallest absolute Gasteiger partial charge is 0.350 e. The number of hydrogen-bond donors (Lipinski definition) is 2. The summed E-state index contributed by atoms with van der Waals surface area (Å²) in [7, 11) is 1.87. The fourth-order valence-electron chi connectivity index (χ4n) is 4.48. The van der Waals surface area contributed by atoms with Crippen LogP contribution in [0.15, 0.2) is 36.8 Å². The maximum atomic E-state index is 12.8. The molecule has 4 heterocycles. The normalized spacial score (nSPS) is 20.1. The Balaban J connectivity index is 1.42. The highest BCUT2D eigenvalue weighted by atomic mass is 19.4. The van der Waals surface area contributed by atoms with E-state index in [1.54, 1.807) is 10.9 Å². The largest absolute Gasteiger partial charge is 0.401 e. The van der Waals surface area contributed by atoms with Gasteiger partial charge in [0.1, 0.15) is 5.69 Å². The molecule has 0 bridgehead atoms. The van der Waals surface area contributed by atoms with Crippen molar-refractivity contribution in [2.24, 2.45) is 7.05 Å². The fourth-order valence-corrected chi connectivity index (χ4v) is 4.48. The third-order valence-electron chi connectivity index (χ3n) is 5.91. The lowest BCUT2D eigenvalue weighted by Crippen LogP contribution is -2.41. The van der Waals surface area contributed by atoms with Crippen molar-refractivity contribution >= 4 is 16.6 Å². The van der Waals surface area contributed by atoms with Gasteiger partial charge in [-0.2, -0.15) is 23.4 Å². The van der Waals surface area contributed by atoms with E-state index in [0.29, 0.717) is 31.9 Å². The molecule has 2 aliphatic heterocycles. The number of hydrogen-bond acceptors (Lipinski definition) is 5. The topological polar surface area (TPSA) is 65.0 Å². The van der Waals surface area contributed by atoms with Gasteiger partial charge in [0, 0.05) is 50.0 Å². The van der Waals surface area contributed by atoms with Gasteiger partial charge in [-0.15, -0.1) is 0 Å². The summed E-state index contributed by atoms with van der Waals surface area (Å²) < 4.78 is 40.0. The number of nitrogens with zero attached hydrogens (tertiary/aromatic N) is 5. The van der Waals surface area contributed by atoms with Crippen molar-refractivity contribution in [3.8, 4) is 11.4 Å². The first-order chi connectivity index (χ1) is 14.3. The molecule has 0 radical (unpaired) electrons. The van der Waals surface area contributed by atoms with Crippen LogP contribution >= 0.6 is 0 Å². The number of aromatic nitrogens is 4. The van der Waals surface area contributed by atoms with Crippen LogP contribution in [0.2, 0.25) is 0 Å². The summed E-state index contributed by atoms with van der Waals surface area (Å²) in [6.07, 6.45) is -1.76. The van der Waals surface area contributed by atoms with Crippen molar-refractivity contribution in [3.05, 3.63) is 42.4 Å². The second-order valence-corrected chi connectivity index (χ2v) is 7.96. The van der Waals surface area contributed by atoms with E-state index < -0.39 is 12.7 Å². The van der Waals surface area contributed by atoms with Gasteiger partial charge in [-0.1, -0.05) is 6.58 Å². The number of benzene rings is 1. The van der Waals surface area contributed by atoms with Crippen LogP contribution in [0.4, 0.5) is 18.9 Å². The molecule has 2 N–H and O–H groups in total. The van der Waals surface area contributed by atoms with E-state index in [0.717, 1.165) is 33.5 Å². The fraction of sp³-hybridized carbons (Fsp3) is 0.400. The van der Waals surface area contributed by atoms with Crippen LogP contribution in [-0.2, 0) is 13.6 Å². The number of aryl methyl sites for hydroxylation is 1. The second kappa shape index (κ2) is 6.76. The Morgan fingerprint density at radius 1 is 1.30 bits per heavy atom. The summed E-state index contributed by atoms with van der Waals surface area (Å²) in [6, 6.07) is 6.00. The van der Waals surface area contributed by atoms with Crippen LogP contribution in [-0.4, -0.2) is 61.6 Å². The number of alkyl halides is 3. The molecule has 7 nitrogen and oxygen atoms in total. The van der Waals surface area contributed by atoms with E-state index in [2.05, 4.69) is 38.2 Å². The van der Waals surface area contributed by atoms with Crippen LogP contribution in [0.5, 0.6) is 0 Å². The first-order valence-electron chi connectivity index (χ1n) is 9.79. The van der Waals surface area contributed by atoms with E-state index >= 15 is 0 Å². The average Bonchev–Trinajstić information content (AvgIpc) is 3.38. The molecular weight excluding hydrogens is 395 g/mol. The Morgan fingerprint density at radius 3 is 2.87 bits per heavy atom. The second-order valence-electron chi connectivity index (χ2n) is 7.96. The maximum absolute atomic E-state index is 12.8. The van der Waals surface area contributed by atoms with E-state index in [4.69, 9.17) is 0 Å². The summed E-state index contributed by atoms with van der Waals surface area (Å²) in [6.45, 7) is 4.66. The predicted molar refractivity (Wildman–Crippen MR) is 108 cm³/mol. The van der Waals surface area contributed by atoms with Gasteiger partial charge in [-0.3, -0.25) is 14.7 Å². The van der Waals surface area contributed by atoms with Crippen molar-refractivity contribution in [2.45, 2.75) is 25.2 Å². The maximum Gasteiger partial charge on any atom is 0.401 e. The molecule has 0 spiro atoms. The highest BCUT2D eigenvalue weighted by Gasteiger charge is 2.37. The lowest BCUT2D eigenvalue weighted by atomic mass is 10.0. The first-order valence-corrected chi connectivity index (χ1v) is 9.79. The van der Waals surface area contributed by atoms with Crippen molar-refractivity contribution in [2.75, 3.05) is 25.0 Å². The van der Waals surface area contributed by atoms with E-state index in [-0.39, 0.29) is 6.04 Å². The molecule has 2 aromatic heterocycles. The van der Waals surface area contributed by atoms with Gasteiger partial charge in [0.2, 0.25) is 0 Å². The van der Waals surface area contributed by atoms with Crippen LogP contribution in [0.25, 0.3) is 22.3 Å². The SMILES string of the molecule is C=C1Nc2cc3[nH]nc(-c4ccnn4C)c3cc2CN1C1CCN(CC(F)(F)F)C1. The Labute approximate surface area is 171 Å². The molecule has 0 saturated carbocycles. The third-order valence-corrected chi connectivity index (χ3v) is 5.91. The molecule has 2 aliphatic rings. The molecule has 30 heavy (non-hydrogen) atoms. The number of nitrogens with one attached hydrogen (secondary N) is 2. The molecule has 10 heteroatoms. The molecule has 5 rings (SSSR count). The monoisotopic (exact) mass is 417 g/mol. The van der Waals surface area contributed by atoms with Crippen molar-refractivity contribution in [3.63, 3.8) is 0 Å². The minimum atomic E-state index is -4.17. The van der Waals surface area contributed by atoms with Crippen LogP contribution in [0.3, 0.4) is 0 Å². The minimum absolute atomic E-state index is 0.00269. The number of anilines is 1. The summed E-state index contributed by atoms with van der Waals surface area (Å²) in [4.78, 5) is 3.54. The molecule has 0 amide bonds. The standard InChI is InChI=1S/C20H22F3N7/c1-12-25-16-8-17-15(19(27-26-17)18-3-5-24-28(18)2)7-13(16)9-30(12)14-4-6-29(10-14)11-20(21,22)23/h3,5,7-8,14,25H,1,4,6,9-11H2,2H3,(H,26,27). The highest BCUT2D eigenvalue weighted by molar-refractivity contribution is 5.95. The molecule has 158 valence electrons. The van der Waals surface area contributed by atoms with Gasteiger partial charge >= 0.3 is 6.18 Å². The molecule has 1 saturated heterocycles. The third kappa shape index (κ3) is 3.30. The molecule has 1 atom stereocenters. The molecule has 3 aromatic rings. The summed E-state index contributed by atoms with van der Waals surface area (Å²) in [5.41, 5.74) is 4.63. The lowest BCUT2D eigenvalue weighted by molar-refractivity contribution is -0.143. The van der Waals surface area contributed by atoms with Crippen molar-refractivity contribution in [1.29, 1.82) is 0 Å². The molecule has 1 aromatic carbocycles. The molecule has 1 fully saturated rings. The lowest BCUT2D eigenvalue weighted by Gasteiger charge is -2.38. The first kappa shape index (κ1) is 19.0. The van der Waals surface area contributed by atoms with Gasteiger partial charge in [-0.25, -0.2) is 0 Å². The Bertz CT molecular complexity index is 1110. The quantitative estimate of drug-likeness (QED) is 0.685. The Kier molecular flexibility index (Phi) is 4.28. The van der Waals surface area contributed by atoms with Crippen molar-refractivity contribution < 1.29 is 13.2 Å². The van der Waals surface area contributed by atoms with Gasteiger partial charge in [-0.05, 0) is 30.2 Å². The average molecular weight is 417 g/mol. The number of fused-ring (bicyclic) bond motifs is 2. The van der Waals surface area contributed by atoms with Crippen LogP contribution in [0.1, 0.15) is 12.0 Å². The van der Waals surface area contributed by atoms with Gasteiger partial charge < -0.3 is 10.2 Å². The number of aromatic amines is 1. The van der Waals surface area contributed by atoms with Gasteiger partial charge in [0.05, 0.1) is 23.6 Å². The number of halogens is 3. The van der Waals surface area contributed by atoms with E-state index in [1.807, 2.05) is 19.2 Å². The van der Waals surface area contributed by atoms with Crippen molar-refractivity contribution in [1.82, 2.24) is 29.8 Å². The highest BCUT2D eigenvalue weighted by Crippen LogP contribution is 2.36. The number of H-pyrrole nitrogens is 1. The summed E-state index contributed by atoms with van der Waals surface area (Å²) in [5, 5.41) is 16.1. The number of likely N-dealkylation sites (tertiary alicyclic amines) is 1. The molecule has 1 unspecified atom stereocenters. The van der Waals surface area contributed by atoms with E-state index in [1.165, 1.54) is 4.90 Å². The Hall–Kier alpha value is -3.01. The zero-order chi connectivity index (χ0) is 21.0. The van der Waals surface area contributed by atoms with Gasteiger partial charge in [0.25, 0.3) is 0 Å². The predicted octanol–water partition coefficient (Wildman–Crippen LogP) is 3.30. The van der Waals surface area contributed by atoms with Crippen LogP contribution < -0.4 is 5.32 Å². The Morgan fingerprint density at radius 2 is 2.13 bits per heavy atom. The summed E-state index contributed by atoms with van der Waals surface area (Å²) >= 11 is 0. The van der Waals surface area contributed by atoms with E-state index in [9.17, 15) is 13.2 Å². The zero-order valence-electron chi connectivity index (χ0n) is 16.5. The summed E-state index contributed by atoms with van der Waals surface area (Å²) in [5.74, 6) is 0.715. The van der Waals surface area contributed by atoms with Crippen LogP contribution in [0, 0.1) is 0 Å². The van der Waals surface area contributed by atoms with Gasteiger partial charge in [0.15, 0.2) is 0 Å². The minimum Gasteiger partial charge on any atom is -0.350 e. The molecule has 0 aliphatic carbocycles. The number of rotatable bonds is 3. The zero-order valence-corrected chi connectivity index (χ0v) is 16.5.